The molecular formula is C22H32NO5S+. The molecule has 0 bridgehead atoms. The average Bonchev–Trinajstić information content (AvgIpc) is 2.60. The number of rotatable bonds is 8. The molecule has 2 rings (SSSR count). The predicted octanol–water partition coefficient (Wildman–Crippen LogP) is 4.26. The van der Waals surface area contributed by atoms with Gasteiger partial charge in [0.2, 0.25) is 5.69 Å². The highest BCUT2D eigenvalue weighted by atomic mass is 32.2. The third-order valence-electron chi connectivity index (χ3n) is 4.75. The Hall–Kier alpha value is -2.28. The minimum atomic E-state index is -3.76. The second kappa shape index (κ2) is 9.03. The van der Waals surface area contributed by atoms with Crippen molar-refractivity contribution in [3.8, 4) is 17.4 Å². The van der Waals surface area contributed by atoms with E-state index in [4.69, 9.17) is 13.8 Å². The molecule has 160 valence electrons. The summed E-state index contributed by atoms with van der Waals surface area (Å²) in [5, 5.41) is 0. The molecule has 0 fully saturated rings. The highest BCUT2D eigenvalue weighted by Gasteiger charge is 2.31. The fourth-order valence-corrected chi connectivity index (χ4v) is 3.76. The van der Waals surface area contributed by atoms with Gasteiger partial charge in [-0.05, 0) is 51.7 Å². The van der Waals surface area contributed by atoms with Crippen molar-refractivity contribution in [3.63, 3.8) is 0 Å². The van der Waals surface area contributed by atoms with Crippen molar-refractivity contribution in [2.75, 3.05) is 6.26 Å². The van der Waals surface area contributed by atoms with Gasteiger partial charge in [-0.15, -0.1) is 4.28 Å². The van der Waals surface area contributed by atoms with Crippen molar-refractivity contribution in [3.05, 3.63) is 46.1 Å². The van der Waals surface area contributed by atoms with E-state index in [0.717, 1.165) is 35.8 Å². The van der Waals surface area contributed by atoms with Crippen LogP contribution in [0.4, 0.5) is 0 Å². The van der Waals surface area contributed by atoms with Gasteiger partial charge in [0.25, 0.3) is 0 Å². The zero-order chi connectivity index (χ0) is 21.9. The Balaban J connectivity index is 2.67. The predicted molar refractivity (Wildman–Crippen MR) is 113 cm³/mol. The maximum Gasteiger partial charge on any atom is 0.431 e. The summed E-state index contributed by atoms with van der Waals surface area (Å²) in [4.78, 5) is 0. The van der Waals surface area contributed by atoms with Crippen LogP contribution in [-0.4, -0.2) is 20.8 Å². The number of ether oxygens (including phenoxy) is 2. The largest absolute Gasteiger partial charge is 0.490 e. The first-order valence-corrected chi connectivity index (χ1v) is 11.7. The van der Waals surface area contributed by atoms with Crippen molar-refractivity contribution in [2.24, 2.45) is 0 Å². The van der Waals surface area contributed by atoms with Gasteiger partial charge in [-0.25, -0.2) is 0 Å². The first kappa shape index (κ1) is 23.0. The molecule has 0 aliphatic heterocycles. The topological polar surface area (TPSA) is 65.7 Å². The summed E-state index contributed by atoms with van der Waals surface area (Å²) < 4.78 is 42.6. The summed E-state index contributed by atoms with van der Waals surface area (Å²) in [6.07, 6.45) is 2.82. The smallest absolute Gasteiger partial charge is 0.431 e. The summed E-state index contributed by atoms with van der Waals surface area (Å²) in [5.41, 5.74) is 4.27. The van der Waals surface area contributed by atoms with Crippen molar-refractivity contribution >= 4 is 10.1 Å². The first-order valence-electron chi connectivity index (χ1n) is 9.85. The maximum absolute atomic E-state index is 11.9. The van der Waals surface area contributed by atoms with E-state index in [0.29, 0.717) is 22.8 Å². The fourth-order valence-electron chi connectivity index (χ4n) is 3.30. The molecule has 0 saturated heterocycles. The van der Waals surface area contributed by atoms with Crippen LogP contribution in [0.25, 0.3) is 0 Å². The van der Waals surface area contributed by atoms with Crippen molar-refractivity contribution in [2.45, 2.75) is 67.4 Å². The van der Waals surface area contributed by atoms with Crippen molar-refractivity contribution < 1.29 is 26.9 Å². The number of pyridine rings is 1. The van der Waals surface area contributed by atoms with Gasteiger partial charge < -0.3 is 9.47 Å². The quantitative estimate of drug-likeness (QED) is 0.595. The Labute approximate surface area is 174 Å². The molecule has 1 aromatic heterocycles. The molecule has 0 saturated carbocycles. The number of aryl methyl sites for hydroxylation is 4. The zero-order valence-corrected chi connectivity index (χ0v) is 19.4. The lowest BCUT2D eigenvalue weighted by molar-refractivity contribution is -0.862. The Bertz CT molecular complexity index is 972. The summed E-state index contributed by atoms with van der Waals surface area (Å²) in [5.74, 6) is 1.61. The molecule has 0 N–H and O–H groups in total. The number of hydrogen-bond acceptors (Lipinski definition) is 5. The van der Waals surface area contributed by atoms with Crippen LogP contribution in [0.3, 0.4) is 0 Å². The van der Waals surface area contributed by atoms with Crippen LogP contribution < -0.4 is 18.5 Å². The Kier molecular flexibility index (Phi) is 7.16. The molecule has 0 radical (unpaired) electrons. The van der Waals surface area contributed by atoms with Crippen LogP contribution in [-0.2, 0) is 10.1 Å². The van der Waals surface area contributed by atoms with Crippen LogP contribution in [0.5, 0.6) is 17.4 Å². The average molecular weight is 423 g/mol. The Morgan fingerprint density at radius 2 is 1.52 bits per heavy atom. The molecule has 0 spiro atoms. The van der Waals surface area contributed by atoms with Crippen LogP contribution in [0.1, 0.15) is 54.6 Å². The molecule has 1 heterocycles. The minimum absolute atomic E-state index is 0.0653. The van der Waals surface area contributed by atoms with Crippen LogP contribution >= 0.6 is 0 Å². The molecule has 0 aliphatic carbocycles. The highest BCUT2D eigenvalue weighted by Crippen LogP contribution is 2.34. The molecule has 0 unspecified atom stereocenters. The lowest BCUT2D eigenvalue weighted by Gasteiger charge is -2.19. The molecule has 2 aromatic rings. The molecule has 6 nitrogen and oxygen atoms in total. The van der Waals surface area contributed by atoms with E-state index < -0.39 is 10.1 Å². The number of hydrogen-bond donors (Lipinski definition) is 0. The lowest BCUT2D eigenvalue weighted by Crippen LogP contribution is -2.49. The normalized spacial score (nSPS) is 11.6. The van der Waals surface area contributed by atoms with Crippen molar-refractivity contribution in [1.29, 1.82) is 0 Å². The number of nitrogens with zero attached hydrogens (tertiary/aromatic N) is 1. The summed E-state index contributed by atoms with van der Waals surface area (Å²) >= 11 is 0. The fraction of sp³-hybridized carbons (Fsp3) is 0.500. The minimum Gasteiger partial charge on any atom is -0.490 e. The van der Waals surface area contributed by atoms with E-state index in [1.54, 1.807) is 13.0 Å². The summed E-state index contributed by atoms with van der Waals surface area (Å²) in [6, 6.07) is 5.83. The van der Waals surface area contributed by atoms with Crippen LogP contribution in [0.15, 0.2) is 18.2 Å². The van der Waals surface area contributed by atoms with Gasteiger partial charge in [0.15, 0.2) is 0 Å². The second-order valence-electron chi connectivity index (χ2n) is 7.54. The maximum atomic E-state index is 11.9. The summed E-state index contributed by atoms with van der Waals surface area (Å²) in [7, 11) is -3.76. The molecule has 1 aromatic carbocycles. The zero-order valence-electron chi connectivity index (χ0n) is 18.6. The van der Waals surface area contributed by atoms with E-state index >= 15 is 0 Å². The molecule has 29 heavy (non-hydrogen) atoms. The van der Waals surface area contributed by atoms with E-state index in [9.17, 15) is 8.42 Å². The highest BCUT2D eigenvalue weighted by molar-refractivity contribution is 7.86. The summed E-state index contributed by atoms with van der Waals surface area (Å²) in [6.45, 7) is 13.7. The third kappa shape index (κ3) is 5.63. The van der Waals surface area contributed by atoms with Crippen LogP contribution in [0, 0.1) is 34.6 Å². The molecule has 0 amide bonds. The number of aromatic nitrogens is 1. The van der Waals surface area contributed by atoms with Gasteiger partial charge in [-0.1, -0.05) is 31.5 Å². The Morgan fingerprint density at radius 3 is 2.00 bits per heavy atom. The third-order valence-corrected chi connectivity index (χ3v) is 5.17. The SMILES string of the molecule is CCC(CC)Oc1cc(C)[n+](OS(C)(=O)=O)c(Oc2c(C)cc(C)cc2C)c1C. The number of benzene rings is 1. The van der Waals surface area contributed by atoms with Gasteiger partial charge in [0.1, 0.15) is 17.1 Å². The Morgan fingerprint density at radius 1 is 0.966 bits per heavy atom. The first-order chi connectivity index (χ1) is 13.5. The van der Waals surface area contributed by atoms with E-state index in [1.165, 1.54) is 4.73 Å². The van der Waals surface area contributed by atoms with Crippen LogP contribution in [0.2, 0.25) is 0 Å². The van der Waals surface area contributed by atoms with E-state index in [2.05, 4.69) is 13.8 Å². The van der Waals surface area contributed by atoms with E-state index in [-0.39, 0.29) is 12.0 Å². The van der Waals surface area contributed by atoms with Gasteiger partial charge in [0, 0.05) is 6.92 Å². The van der Waals surface area contributed by atoms with Gasteiger partial charge >= 0.3 is 16.0 Å². The van der Waals surface area contributed by atoms with Gasteiger partial charge in [0.05, 0.1) is 23.2 Å². The molecule has 0 aliphatic rings. The standard InChI is InChI=1S/C22H32NO5S/c1-9-19(10-2)26-20-13-17(6)23(28-29(8,24)25)22(18(20)7)27-21-15(4)11-14(3)12-16(21)5/h11-13,19H,9-10H2,1-8H3/q+1. The lowest BCUT2D eigenvalue weighted by atomic mass is 10.1. The molecule has 7 heteroatoms. The monoisotopic (exact) mass is 422 g/mol. The van der Waals surface area contributed by atoms with Gasteiger partial charge in [-0.2, -0.15) is 8.42 Å². The van der Waals surface area contributed by atoms with Crippen molar-refractivity contribution in [1.82, 2.24) is 0 Å². The van der Waals surface area contributed by atoms with Gasteiger partial charge in [-0.3, -0.25) is 0 Å². The molecular weight excluding hydrogens is 390 g/mol. The van der Waals surface area contributed by atoms with E-state index in [1.807, 2.05) is 39.8 Å². The second-order valence-corrected chi connectivity index (χ2v) is 9.10. The molecule has 0 atom stereocenters.